The number of nitrogens with one attached hydrogen (secondary N) is 1. The van der Waals surface area contributed by atoms with E-state index < -0.39 is 0 Å². The van der Waals surface area contributed by atoms with Gasteiger partial charge in [-0.2, -0.15) is 0 Å². The largest absolute Gasteiger partial charge is 0.370 e. The number of nitrogens with zero attached hydrogens (tertiary/aromatic N) is 2. The van der Waals surface area contributed by atoms with Gasteiger partial charge in [0.15, 0.2) is 5.96 Å². The normalized spacial score (nSPS) is 14.1. The number of rotatable bonds is 7. The maximum Gasteiger partial charge on any atom is 0.261 e. The van der Waals surface area contributed by atoms with Gasteiger partial charge in [-0.25, -0.2) is 4.99 Å². The highest BCUT2D eigenvalue weighted by atomic mass is 16.2. The zero-order valence-electron chi connectivity index (χ0n) is 13.3. The van der Waals surface area contributed by atoms with E-state index in [1.807, 2.05) is 6.92 Å². The molecule has 23 heavy (non-hydrogen) atoms. The summed E-state index contributed by atoms with van der Waals surface area (Å²) < 4.78 is 0. The van der Waals surface area contributed by atoms with E-state index in [1.54, 1.807) is 24.3 Å². The van der Waals surface area contributed by atoms with Crippen LogP contribution in [0.4, 0.5) is 0 Å². The van der Waals surface area contributed by atoms with Gasteiger partial charge in [0.1, 0.15) is 0 Å². The van der Waals surface area contributed by atoms with Crippen LogP contribution in [0, 0.1) is 0 Å². The van der Waals surface area contributed by atoms with Crippen LogP contribution in [0.15, 0.2) is 41.4 Å². The third-order valence-electron chi connectivity index (χ3n) is 3.51. The van der Waals surface area contributed by atoms with E-state index >= 15 is 0 Å². The standard InChI is InChI=1S/C17H22N4O2/c1-12(2)11-20-17(18)19-9-5-6-10-21-15(22)13-7-3-4-8-14(13)16(21)23/h3-4,7-8H,1,5-6,9-11H2,2H3,(H3,18,19,20). The van der Waals surface area contributed by atoms with Gasteiger partial charge in [0, 0.05) is 13.1 Å². The Balaban J connectivity index is 1.74. The van der Waals surface area contributed by atoms with Crippen LogP contribution in [0.25, 0.3) is 0 Å². The first-order valence-corrected chi connectivity index (χ1v) is 7.64. The molecule has 2 amide bonds. The number of unbranched alkanes of at least 4 members (excludes halogenated alkanes) is 1. The van der Waals surface area contributed by atoms with Crippen molar-refractivity contribution in [3.63, 3.8) is 0 Å². The molecule has 0 aromatic heterocycles. The van der Waals surface area contributed by atoms with E-state index in [9.17, 15) is 9.59 Å². The van der Waals surface area contributed by atoms with Crippen LogP contribution in [0.1, 0.15) is 40.5 Å². The van der Waals surface area contributed by atoms with Gasteiger partial charge in [-0.05, 0) is 31.9 Å². The molecule has 1 aromatic rings. The summed E-state index contributed by atoms with van der Waals surface area (Å²) in [7, 11) is 0. The topological polar surface area (TPSA) is 87.8 Å². The molecule has 1 aliphatic rings. The lowest BCUT2D eigenvalue weighted by molar-refractivity contribution is 0.0652. The van der Waals surface area contributed by atoms with Crippen LogP contribution in [0.2, 0.25) is 0 Å². The molecule has 0 saturated heterocycles. The van der Waals surface area contributed by atoms with Crippen LogP contribution in [0.5, 0.6) is 0 Å². The van der Waals surface area contributed by atoms with Crippen molar-refractivity contribution in [2.24, 2.45) is 10.7 Å². The van der Waals surface area contributed by atoms with Crippen LogP contribution >= 0.6 is 0 Å². The summed E-state index contributed by atoms with van der Waals surface area (Å²) in [5.74, 6) is -0.0316. The number of hydrogen-bond donors (Lipinski definition) is 2. The Labute approximate surface area is 136 Å². The molecule has 0 fully saturated rings. The van der Waals surface area contributed by atoms with Crippen LogP contribution in [-0.2, 0) is 0 Å². The Morgan fingerprint density at radius 3 is 2.39 bits per heavy atom. The Morgan fingerprint density at radius 2 is 1.83 bits per heavy atom. The van der Waals surface area contributed by atoms with Crippen molar-refractivity contribution < 1.29 is 9.59 Å². The molecule has 0 spiro atoms. The second kappa shape index (κ2) is 7.58. The molecule has 0 bridgehead atoms. The third-order valence-corrected chi connectivity index (χ3v) is 3.51. The molecule has 0 aliphatic carbocycles. The lowest BCUT2D eigenvalue weighted by atomic mass is 10.1. The highest BCUT2D eigenvalue weighted by Crippen LogP contribution is 2.22. The first-order chi connectivity index (χ1) is 11.0. The number of carbonyl (C=O) groups is 2. The van der Waals surface area contributed by atoms with Crippen molar-refractivity contribution in [3.05, 3.63) is 47.5 Å². The SMILES string of the molecule is C=C(C)CN=C(N)NCCCCN1C(=O)c2ccccc2C1=O. The number of imide groups is 1. The molecule has 3 N–H and O–H groups in total. The van der Waals surface area contributed by atoms with E-state index in [4.69, 9.17) is 5.73 Å². The maximum atomic E-state index is 12.2. The molecular formula is C17H22N4O2. The fourth-order valence-corrected chi connectivity index (χ4v) is 2.33. The summed E-state index contributed by atoms with van der Waals surface area (Å²) in [6.07, 6.45) is 1.50. The molecule has 0 saturated carbocycles. The minimum Gasteiger partial charge on any atom is -0.370 e. The molecule has 1 aliphatic heterocycles. The molecule has 2 rings (SSSR count). The molecule has 0 atom stereocenters. The van der Waals surface area contributed by atoms with Crippen molar-refractivity contribution in [2.45, 2.75) is 19.8 Å². The Morgan fingerprint density at radius 1 is 1.22 bits per heavy atom. The average Bonchev–Trinajstić information content (AvgIpc) is 2.77. The van der Waals surface area contributed by atoms with Gasteiger partial charge >= 0.3 is 0 Å². The smallest absolute Gasteiger partial charge is 0.261 e. The third kappa shape index (κ3) is 4.18. The van der Waals surface area contributed by atoms with E-state index in [2.05, 4.69) is 16.9 Å². The van der Waals surface area contributed by atoms with E-state index in [0.717, 1.165) is 12.0 Å². The number of nitrogens with two attached hydrogens (primary N) is 1. The fraction of sp³-hybridized carbons (Fsp3) is 0.353. The number of fused-ring (bicyclic) bond motifs is 1. The van der Waals surface area contributed by atoms with Crippen molar-refractivity contribution in [1.29, 1.82) is 0 Å². The first kappa shape index (κ1) is 16.7. The summed E-state index contributed by atoms with van der Waals surface area (Å²) in [6.45, 7) is 7.21. The zero-order chi connectivity index (χ0) is 16.8. The second-order valence-corrected chi connectivity index (χ2v) is 5.60. The number of hydrogen-bond acceptors (Lipinski definition) is 3. The number of amides is 2. The van der Waals surface area contributed by atoms with Crippen molar-refractivity contribution in [1.82, 2.24) is 10.2 Å². The quantitative estimate of drug-likeness (QED) is 0.263. The van der Waals surface area contributed by atoms with Gasteiger partial charge in [-0.3, -0.25) is 14.5 Å². The maximum absolute atomic E-state index is 12.2. The van der Waals surface area contributed by atoms with E-state index in [0.29, 0.717) is 43.1 Å². The Kier molecular flexibility index (Phi) is 5.51. The Hall–Kier alpha value is -2.63. The van der Waals surface area contributed by atoms with Crippen LogP contribution in [0.3, 0.4) is 0 Å². The van der Waals surface area contributed by atoms with E-state index in [1.165, 1.54) is 4.90 Å². The van der Waals surface area contributed by atoms with Gasteiger partial charge < -0.3 is 11.1 Å². The molecular weight excluding hydrogens is 292 g/mol. The monoisotopic (exact) mass is 314 g/mol. The number of carbonyl (C=O) groups excluding carboxylic acids is 2. The first-order valence-electron chi connectivity index (χ1n) is 7.64. The van der Waals surface area contributed by atoms with Gasteiger partial charge in [0.25, 0.3) is 11.8 Å². The number of benzene rings is 1. The summed E-state index contributed by atoms with van der Waals surface area (Å²) in [5.41, 5.74) is 7.64. The molecule has 0 radical (unpaired) electrons. The molecule has 1 heterocycles. The Bertz CT molecular complexity index is 617. The molecule has 122 valence electrons. The lowest BCUT2D eigenvalue weighted by Crippen LogP contribution is -2.34. The molecule has 0 unspecified atom stereocenters. The predicted molar refractivity (Wildman–Crippen MR) is 90.3 cm³/mol. The van der Waals surface area contributed by atoms with E-state index in [-0.39, 0.29) is 11.8 Å². The van der Waals surface area contributed by atoms with Gasteiger partial charge in [-0.1, -0.05) is 24.3 Å². The molecule has 6 nitrogen and oxygen atoms in total. The lowest BCUT2D eigenvalue weighted by Gasteiger charge is -2.13. The summed E-state index contributed by atoms with van der Waals surface area (Å²) in [5, 5.41) is 3.00. The summed E-state index contributed by atoms with van der Waals surface area (Å²) in [4.78, 5) is 29.8. The molecule has 1 aromatic carbocycles. The second-order valence-electron chi connectivity index (χ2n) is 5.60. The molecule has 6 heteroatoms. The summed E-state index contributed by atoms with van der Waals surface area (Å²) in [6, 6.07) is 6.92. The zero-order valence-corrected chi connectivity index (χ0v) is 13.3. The average molecular weight is 314 g/mol. The minimum absolute atomic E-state index is 0.207. The van der Waals surface area contributed by atoms with Gasteiger partial charge in [0.05, 0.1) is 17.7 Å². The summed E-state index contributed by atoms with van der Waals surface area (Å²) >= 11 is 0. The van der Waals surface area contributed by atoms with Crippen molar-refractivity contribution in [3.8, 4) is 0 Å². The van der Waals surface area contributed by atoms with Gasteiger partial charge in [-0.15, -0.1) is 0 Å². The number of guanidine groups is 1. The fourth-order valence-electron chi connectivity index (χ4n) is 2.33. The minimum atomic E-state index is -0.207. The van der Waals surface area contributed by atoms with Crippen molar-refractivity contribution >= 4 is 17.8 Å². The highest BCUT2D eigenvalue weighted by molar-refractivity contribution is 6.21. The van der Waals surface area contributed by atoms with Gasteiger partial charge in [0.2, 0.25) is 0 Å². The number of aliphatic imine (C=N–C) groups is 1. The van der Waals surface area contributed by atoms with Crippen molar-refractivity contribution in [2.75, 3.05) is 19.6 Å². The highest BCUT2D eigenvalue weighted by Gasteiger charge is 2.34. The predicted octanol–water partition coefficient (Wildman–Crippen LogP) is 1.54. The van der Waals surface area contributed by atoms with Crippen LogP contribution < -0.4 is 11.1 Å². The van der Waals surface area contributed by atoms with Crippen LogP contribution in [-0.4, -0.2) is 42.3 Å².